The highest BCUT2D eigenvalue weighted by Gasteiger charge is 2.19. The van der Waals surface area contributed by atoms with E-state index in [0.29, 0.717) is 17.2 Å². The van der Waals surface area contributed by atoms with Gasteiger partial charge in [-0.05, 0) is 57.4 Å². The molecule has 20 heavy (non-hydrogen) atoms. The zero-order chi connectivity index (χ0) is 15.0. The Morgan fingerprint density at radius 2 is 1.55 bits per heavy atom. The Labute approximate surface area is 118 Å². The first kappa shape index (κ1) is 14.2. The van der Waals surface area contributed by atoms with Gasteiger partial charge in [-0.15, -0.1) is 0 Å². The fourth-order valence-electron chi connectivity index (χ4n) is 2.38. The molecule has 0 unspecified atom stereocenters. The first-order valence-corrected chi connectivity index (χ1v) is 6.48. The summed E-state index contributed by atoms with van der Waals surface area (Å²) in [5.74, 6) is -0.407. The number of carbonyl (C=O) groups is 1. The highest BCUT2D eigenvalue weighted by Crippen LogP contribution is 2.29. The van der Waals surface area contributed by atoms with Crippen LogP contribution in [0.2, 0.25) is 0 Å². The third-order valence-corrected chi connectivity index (χ3v) is 3.51. The van der Waals surface area contributed by atoms with E-state index in [1.54, 1.807) is 13.8 Å². The minimum Gasteiger partial charge on any atom is -0.478 e. The van der Waals surface area contributed by atoms with E-state index < -0.39 is 5.97 Å². The lowest BCUT2D eigenvalue weighted by Crippen LogP contribution is -2.09. The molecule has 2 rings (SSSR count). The first-order valence-electron chi connectivity index (χ1n) is 6.48. The van der Waals surface area contributed by atoms with Crippen molar-refractivity contribution < 1.29 is 9.90 Å². The van der Waals surface area contributed by atoms with Crippen molar-refractivity contribution in [2.75, 3.05) is 0 Å². The molecule has 0 atom stereocenters. The summed E-state index contributed by atoms with van der Waals surface area (Å²) in [5, 5.41) is 9.43. The van der Waals surface area contributed by atoms with Crippen LogP contribution in [0.1, 0.15) is 38.6 Å². The molecule has 0 saturated carbocycles. The zero-order valence-corrected chi connectivity index (χ0v) is 12.4. The van der Waals surface area contributed by atoms with Crippen molar-refractivity contribution in [3.63, 3.8) is 0 Å². The van der Waals surface area contributed by atoms with Crippen LogP contribution in [0.15, 0.2) is 12.1 Å². The molecule has 0 radical (unpaired) electrons. The fourth-order valence-corrected chi connectivity index (χ4v) is 2.38. The molecule has 104 valence electrons. The lowest BCUT2D eigenvalue weighted by molar-refractivity contribution is 0.0696. The number of hydrogen-bond acceptors (Lipinski definition) is 3. The van der Waals surface area contributed by atoms with Crippen molar-refractivity contribution in [2.45, 2.75) is 34.6 Å². The molecule has 1 N–H and O–H groups in total. The smallest absolute Gasteiger partial charge is 0.339 e. The van der Waals surface area contributed by atoms with E-state index in [9.17, 15) is 9.90 Å². The molecule has 1 aromatic heterocycles. The van der Waals surface area contributed by atoms with Crippen molar-refractivity contribution in [3.05, 3.63) is 45.9 Å². The number of benzene rings is 1. The predicted molar refractivity (Wildman–Crippen MR) is 78.1 cm³/mol. The summed E-state index contributed by atoms with van der Waals surface area (Å²) in [6.45, 7) is 9.51. The lowest BCUT2D eigenvalue weighted by atomic mass is 9.95. The van der Waals surface area contributed by atoms with Crippen LogP contribution in [0.5, 0.6) is 0 Å². The van der Waals surface area contributed by atoms with Crippen LogP contribution in [0.25, 0.3) is 11.3 Å². The van der Waals surface area contributed by atoms with E-state index in [1.165, 1.54) is 5.56 Å². The van der Waals surface area contributed by atoms with E-state index in [4.69, 9.17) is 0 Å². The van der Waals surface area contributed by atoms with E-state index in [-0.39, 0.29) is 5.56 Å². The molecule has 0 aliphatic heterocycles. The average molecular weight is 270 g/mol. The van der Waals surface area contributed by atoms with Gasteiger partial charge in [0.1, 0.15) is 11.4 Å². The molecular weight excluding hydrogens is 252 g/mol. The Balaban J connectivity index is 2.82. The number of nitrogens with zero attached hydrogens (tertiary/aromatic N) is 2. The largest absolute Gasteiger partial charge is 0.478 e. The van der Waals surface area contributed by atoms with E-state index in [0.717, 1.165) is 16.7 Å². The van der Waals surface area contributed by atoms with Crippen molar-refractivity contribution in [2.24, 2.45) is 0 Å². The molecule has 0 amide bonds. The molecule has 0 fully saturated rings. The number of carboxylic acid groups (broad SMARTS) is 1. The second-order valence-electron chi connectivity index (χ2n) is 5.14. The van der Waals surface area contributed by atoms with Crippen LogP contribution in [-0.4, -0.2) is 21.0 Å². The Bertz CT molecular complexity index is 706. The van der Waals surface area contributed by atoms with Gasteiger partial charge < -0.3 is 5.11 Å². The van der Waals surface area contributed by atoms with Gasteiger partial charge in [-0.2, -0.15) is 0 Å². The molecule has 0 bridgehead atoms. The monoisotopic (exact) mass is 270 g/mol. The van der Waals surface area contributed by atoms with Crippen molar-refractivity contribution in [1.82, 2.24) is 9.97 Å². The molecular formula is C16H18N2O2. The second-order valence-corrected chi connectivity index (χ2v) is 5.14. The van der Waals surface area contributed by atoms with Gasteiger partial charge in [-0.1, -0.05) is 6.07 Å². The fraction of sp³-hybridized carbons (Fsp3) is 0.312. The van der Waals surface area contributed by atoms with Crippen LogP contribution in [-0.2, 0) is 0 Å². The van der Waals surface area contributed by atoms with Crippen LogP contribution >= 0.6 is 0 Å². The van der Waals surface area contributed by atoms with E-state index >= 15 is 0 Å². The molecule has 4 nitrogen and oxygen atoms in total. The molecule has 1 heterocycles. The Morgan fingerprint density at radius 1 is 0.950 bits per heavy atom. The minimum atomic E-state index is -0.991. The number of aryl methyl sites for hydroxylation is 5. The average Bonchev–Trinajstić information content (AvgIpc) is 2.32. The summed E-state index contributed by atoms with van der Waals surface area (Å²) in [6.07, 6.45) is 0. The molecule has 0 aliphatic carbocycles. The summed E-state index contributed by atoms with van der Waals surface area (Å²) < 4.78 is 0. The maximum absolute atomic E-state index is 11.5. The SMILES string of the molecule is Cc1nc(C)c(C(=O)O)c(-c2cc(C)c(C)cc2C)n1. The molecule has 4 heteroatoms. The van der Waals surface area contributed by atoms with Gasteiger partial charge >= 0.3 is 5.97 Å². The number of hydrogen-bond donors (Lipinski definition) is 1. The number of rotatable bonds is 2. The van der Waals surface area contributed by atoms with Gasteiger partial charge in [-0.25, -0.2) is 14.8 Å². The second kappa shape index (κ2) is 5.04. The van der Waals surface area contributed by atoms with Crippen LogP contribution in [0.3, 0.4) is 0 Å². The molecule has 0 spiro atoms. The molecule has 2 aromatic rings. The number of aromatic nitrogens is 2. The maximum atomic E-state index is 11.5. The lowest BCUT2D eigenvalue weighted by Gasteiger charge is -2.13. The van der Waals surface area contributed by atoms with E-state index in [2.05, 4.69) is 16.0 Å². The first-order chi connectivity index (χ1) is 9.31. The Hall–Kier alpha value is -2.23. The van der Waals surface area contributed by atoms with Crippen LogP contribution in [0, 0.1) is 34.6 Å². The summed E-state index contributed by atoms with van der Waals surface area (Å²) in [5.41, 5.74) is 5.37. The van der Waals surface area contributed by atoms with Crippen molar-refractivity contribution >= 4 is 5.97 Å². The molecule has 0 saturated heterocycles. The quantitative estimate of drug-likeness (QED) is 0.908. The molecule has 1 aromatic carbocycles. The summed E-state index contributed by atoms with van der Waals surface area (Å²) in [6, 6.07) is 4.06. The Morgan fingerprint density at radius 3 is 2.15 bits per heavy atom. The Kier molecular flexibility index (Phi) is 3.57. The maximum Gasteiger partial charge on any atom is 0.339 e. The molecule has 0 aliphatic rings. The van der Waals surface area contributed by atoms with Gasteiger partial charge in [0.15, 0.2) is 0 Å². The van der Waals surface area contributed by atoms with Crippen molar-refractivity contribution in [3.8, 4) is 11.3 Å². The van der Waals surface area contributed by atoms with Crippen LogP contribution < -0.4 is 0 Å². The minimum absolute atomic E-state index is 0.182. The third-order valence-electron chi connectivity index (χ3n) is 3.51. The van der Waals surface area contributed by atoms with Crippen molar-refractivity contribution in [1.29, 1.82) is 0 Å². The highest BCUT2D eigenvalue weighted by atomic mass is 16.4. The number of carboxylic acids is 1. The number of aromatic carboxylic acids is 1. The topological polar surface area (TPSA) is 63.1 Å². The standard InChI is InChI=1S/C16H18N2O2/c1-8-6-10(3)13(7-9(8)2)15-14(16(19)20)11(4)17-12(5)18-15/h6-7H,1-5H3,(H,19,20). The zero-order valence-electron chi connectivity index (χ0n) is 12.4. The van der Waals surface area contributed by atoms with Crippen LogP contribution in [0.4, 0.5) is 0 Å². The highest BCUT2D eigenvalue weighted by molar-refractivity contribution is 5.96. The third kappa shape index (κ3) is 2.41. The van der Waals surface area contributed by atoms with Gasteiger partial charge in [0, 0.05) is 5.56 Å². The van der Waals surface area contributed by atoms with Gasteiger partial charge in [0.25, 0.3) is 0 Å². The summed E-state index contributed by atoms with van der Waals surface area (Å²) in [4.78, 5) is 20.0. The van der Waals surface area contributed by atoms with Gasteiger partial charge in [0.05, 0.1) is 11.4 Å². The summed E-state index contributed by atoms with van der Waals surface area (Å²) in [7, 11) is 0. The summed E-state index contributed by atoms with van der Waals surface area (Å²) >= 11 is 0. The normalized spacial score (nSPS) is 10.7. The van der Waals surface area contributed by atoms with E-state index in [1.807, 2.05) is 26.8 Å². The predicted octanol–water partition coefficient (Wildman–Crippen LogP) is 3.38. The van der Waals surface area contributed by atoms with Gasteiger partial charge in [0.2, 0.25) is 0 Å². The van der Waals surface area contributed by atoms with Gasteiger partial charge in [-0.3, -0.25) is 0 Å².